The van der Waals surface area contributed by atoms with E-state index in [0.29, 0.717) is 12.1 Å². The topological polar surface area (TPSA) is 53.0 Å². The van der Waals surface area contributed by atoms with Crippen LogP contribution in [0.25, 0.3) is 0 Å². The maximum atomic E-state index is 9.27. The predicted molar refractivity (Wildman–Crippen MR) is 83.5 cm³/mol. The van der Waals surface area contributed by atoms with Crippen LogP contribution < -0.4 is 10.6 Å². The predicted octanol–water partition coefficient (Wildman–Crippen LogP) is 3.48. The minimum Gasteiger partial charge on any atom is -0.398 e. The molecular weight excluding hydrogens is 246 g/mol. The summed E-state index contributed by atoms with van der Waals surface area (Å²) in [6.07, 6.45) is 0. The van der Waals surface area contributed by atoms with Gasteiger partial charge in [0.2, 0.25) is 0 Å². The van der Waals surface area contributed by atoms with Crippen molar-refractivity contribution >= 4 is 11.4 Å². The Hall–Kier alpha value is -2.47. The molecule has 0 unspecified atom stereocenters. The summed E-state index contributed by atoms with van der Waals surface area (Å²) in [5.74, 6) is 0. The molecule has 3 nitrogen and oxygen atoms in total. The largest absolute Gasteiger partial charge is 0.398 e. The summed E-state index contributed by atoms with van der Waals surface area (Å²) in [4.78, 5) is 2.18. The fourth-order valence-corrected chi connectivity index (χ4v) is 2.25. The molecule has 102 valence electrons. The zero-order valence-electron chi connectivity index (χ0n) is 11.9. The Bertz CT molecular complexity index is 641. The van der Waals surface area contributed by atoms with Crippen LogP contribution in [0.2, 0.25) is 0 Å². The van der Waals surface area contributed by atoms with Crippen LogP contribution in [0.4, 0.5) is 11.4 Å². The lowest BCUT2D eigenvalue weighted by Gasteiger charge is -2.25. The van der Waals surface area contributed by atoms with E-state index in [-0.39, 0.29) is 0 Å². The maximum Gasteiger partial charge on any atom is 0.101 e. The summed E-state index contributed by atoms with van der Waals surface area (Å²) in [6, 6.07) is 16.0. The van der Waals surface area contributed by atoms with Crippen LogP contribution in [-0.2, 0) is 6.54 Å². The third-order valence-corrected chi connectivity index (χ3v) is 3.41. The highest BCUT2D eigenvalue weighted by molar-refractivity contribution is 5.61. The van der Waals surface area contributed by atoms with Crippen LogP contribution in [0.3, 0.4) is 0 Å². The van der Waals surface area contributed by atoms with Crippen molar-refractivity contribution in [3.63, 3.8) is 0 Å². The van der Waals surface area contributed by atoms with Gasteiger partial charge < -0.3 is 10.6 Å². The molecule has 0 aliphatic rings. The smallest absolute Gasteiger partial charge is 0.101 e. The number of rotatable bonds is 4. The van der Waals surface area contributed by atoms with Gasteiger partial charge in [-0.3, -0.25) is 0 Å². The summed E-state index contributed by atoms with van der Waals surface area (Å²) in [7, 11) is 0. The minimum atomic E-state index is 0.701. The molecular formula is C17H19N3. The van der Waals surface area contributed by atoms with E-state index in [4.69, 9.17) is 5.73 Å². The van der Waals surface area contributed by atoms with E-state index in [2.05, 4.69) is 24.0 Å². The second-order valence-corrected chi connectivity index (χ2v) is 4.85. The number of nitrogen functional groups attached to an aromatic ring is 1. The van der Waals surface area contributed by atoms with Gasteiger partial charge in [-0.2, -0.15) is 5.26 Å². The van der Waals surface area contributed by atoms with E-state index in [0.717, 1.165) is 29.0 Å². The summed E-state index contributed by atoms with van der Waals surface area (Å²) in [6.45, 7) is 5.66. The van der Waals surface area contributed by atoms with Gasteiger partial charge in [-0.25, -0.2) is 0 Å². The molecule has 2 aromatic rings. The number of nitriles is 1. The molecule has 0 saturated heterocycles. The first-order valence-corrected chi connectivity index (χ1v) is 6.74. The summed E-state index contributed by atoms with van der Waals surface area (Å²) in [5, 5.41) is 9.27. The first-order valence-electron chi connectivity index (χ1n) is 6.74. The van der Waals surface area contributed by atoms with Crippen molar-refractivity contribution in [2.45, 2.75) is 20.4 Å². The van der Waals surface area contributed by atoms with Crippen molar-refractivity contribution in [3.8, 4) is 6.07 Å². The number of benzene rings is 2. The Morgan fingerprint density at radius 2 is 1.95 bits per heavy atom. The molecule has 0 bridgehead atoms. The Morgan fingerprint density at radius 1 is 1.20 bits per heavy atom. The second kappa shape index (κ2) is 6.12. The number of nitrogens with two attached hydrogens (primary N) is 1. The van der Waals surface area contributed by atoms with E-state index >= 15 is 0 Å². The summed E-state index contributed by atoms with van der Waals surface area (Å²) >= 11 is 0. The number of hydrogen-bond donors (Lipinski definition) is 1. The molecule has 0 fully saturated rings. The summed E-state index contributed by atoms with van der Waals surface area (Å²) in [5.41, 5.74) is 10.7. The first-order chi connectivity index (χ1) is 9.65. The van der Waals surface area contributed by atoms with E-state index in [9.17, 15) is 5.26 Å². The van der Waals surface area contributed by atoms with Crippen molar-refractivity contribution in [1.82, 2.24) is 0 Å². The fraction of sp³-hybridized carbons (Fsp3) is 0.235. The molecule has 0 amide bonds. The van der Waals surface area contributed by atoms with Crippen LogP contribution in [0, 0.1) is 18.3 Å². The molecule has 0 saturated carbocycles. The minimum absolute atomic E-state index is 0.701. The molecule has 2 N–H and O–H groups in total. The molecule has 0 aromatic heterocycles. The molecule has 0 atom stereocenters. The highest BCUT2D eigenvalue weighted by Gasteiger charge is 2.11. The standard InChI is InChI=1S/C17H19N3/c1-3-20(12-15-6-4-5-7-16(15)19)17-10-13(2)8-9-14(17)11-18/h4-10H,3,12,19H2,1-2H3. The zero-order chi connectivity index (χ0) is 14.5. The van der Waals surface area contributed by atoms with Crippen LogP contribution >= 0.6 is 0 Å². The molecule has 3 heteroatoms. The lowest BCUT2D eigenvalue weighted by Crippen LogP contribution is -2.23. The quantitative estimate of drug-likeness (QED) is 0.861. The molecule has 0 aliphatic carbocycles. The SMILES string of the molecule is CCN(Cc1ccccc1N)c1cc(C)ccc1C#N. The first kappa shape index (κ1) is 14.0. The second-order valence-electron chi connectivity index (χ2n) is 4.85. The van der Waals surface area contributed by atoms with Crippen molar-refractivity contribution in [2.24, 2.45) is 0 Å². The zero-order valence-corrected chi connectivity index (χ0v) is 11.9. The lowest BCUT2D eigenvalue weighted by atomic mass is 10.1. The maximum absolute atomic E-state index is 9.27. The van der Waals surface area contributed by atoms with Crippen molar-refractivity contribution in [2.75, 3.05) is 17.2 Å². The van der Waals surface area contributed by atoms with Gasteiger partial charge in [0.05, 0.1) is 11.3 Å². The normalized spacial score (nSPS) is 10.1. The monoisotopic (exact) mass is 265 g/mol. The number of para-hydroxylation sites is 1. The van der Waals surface area contributed by atoms with Crippen LogP contribution in [0.1, 0.15) is 23.6 Å². The Labute approximate surface area is 120 Å². The summed E-state index contributed by atoms with van der Waals surface area (Å²) < 4.78 is 0. The number of aryl methyl sites for hydroxylation is 1. The third kappa shape index (κ3) is 2.92. The Kier molecular flexibility index (Phi) is 4.27. The molecule has 0 radical (unpaired) electrons. The average molecular weight is 265 g/mol. The number of hydrogen-bond acceptors (Lipinski definition) is 3. The van der Waals surface area contributed by atoms with Gasteiger partial charge >= 0.3 is 0 Å². The van der Waals surface area contributed by atoms with Gasteiger partial charge in [0.1, 0.15) is 6.07 Å². The van der Waals surface area contributed by atoms with Crippen molar-refractivity contribution in [1.29, 1.82) is 5.26 Å². The van der Waals surface area contributed by atoms with Crippen molar-refractivity contribution in [3.05, 3.63) is 59.2 Å². The number of nitrogens with zero attached hydrogens (tertiary/aromatic N) is 2. The lowest BCUT2D eigenvalue weighted by molar-refractivity contribution is 0.831. The van der Waals surface area contributed by atoms with E-state index in [1.165, 1.54) is 0 Å². The Morgan fingerprint density at radius 3 is 2.60 bits per heavy atom. The third-order valence-electron chi connectivity index (χ3n) is 3.41. The van der Waals surface area contributed by atoms with Crippen LogP contribution in [0.15, 0.2) is 42.5 Å². The Balaban J connectivity index is 2.36. The molecule has 0 spiro atoms. The van der Waals surface area contributed by atoms with Gasteiger partial charge in [0, 0.05) is 18.8 Å². The van der Waals surface area contributed by atoms with Gasteiger partial charge in [0.15, 0.2) is 0 Å². The average Bonchev–Trinajstić information content (AvgIpc) is 2.46. The van der Waals surface area contributed by atoms with E-state index < -0.39 is 0 Å². The van der Waals surface area contributed by atoms with Gasteiger partial charge in [-0.1, -0.05) is 24.3 Å². The van der Waals surface area contributed by atoms with Gasteiger partial charge in [-0.15, -0.1) is 0 Å². The van der Waals surface area contributed by atoms with Crippen LogP contribution in [-0.4, -0.2) is 6.54 Å². The van der Waals surface area contributed by atoms with Crippen molar-refractivity contribution < 1.29 is 0 Å². The van der Waals surface area contributed by atoms with Crippen LogP contribution in [0.5, 0.6) is 0 Å². The molecule has 2 rings (SSSR count). The fourth-order valence-electron chi connectivity index (χ4n) is 2.25. The van der Waals surface area contributed by atoms with E-state index in [1.54, 1.807) is 0 Å². The molecule has 20 heavy (non-hydrogen) atoms. The van der Waals surface area contributed by atoms with Gasteiger partial charge in [0.25, 0.3) is 0 Å². The number of anilines is 2. The van der Waals surface area contributed by atoms with Gasteiger partial charge in [-0.05, 0) is 43.2 Å². The highest BCUT2D eigenvalue weighted by atomic mass is 15.1. The molecule has 2 aromatic carbocycles. The molecule has 0 aliphatic heterocycles. The highest BCUT2D eigenvalue weighted by Crippen LogP contribution is 2.24. The molecule has 0 heterocycles. The van der Waals surface area contributed by atoms with E-state index in [1.807, 2.05) is 43.3 Å².